The molecule has 0 saturated heterocycles. The Morgan fingerprint density at radius 1 is 1.29 bits per heavy atom. The first-order chi connectivity index (χ1) is 10.0. The van der Waals surface area contributed by atoms with Crippen molar-refractivity contribution < 1.29 is 9.13 Å². The van der Waals surface area contributed by atoms with Gasteiger partial charge in [0.25, 0.3) is 0 Å². The van der Waals surface area contributed by atoms with Crippen molar-refractivity contribution in [3.63, 3.8) is 0 Å². The molecule has 1 heterocycles. The SMILES string of the molecule is CCNCc1nc(Oc2cc(F)c(Cl)cc2Br)ccc1Cl. The Hall–Kier alpha value is -0.880. The molecule has 0 spiro atoms. The molecule has 0 aliphatic heterocycles. The van der Waals surface area contributed by atoms with Gasteiger partial charge in [0.2, 0.25) is 5.88 Å². The number of halogens is 4. The summed E-state index contributed by atoms with van der Waals surface area (Å²) in [5, 5.41) is 3.70. The average Bonchev–Trinajstić information content (AvgIpc) is 2.45. The average molecular weight is 394 g/mol. The minimum absolute atomic E-state index is 0.0196. The standard InChI is InChI=1S/C14H12BrCl2FN2O/c1-2-19-7-12-9(16)3-4-14(20-12)21-13-6-11(18)10(17)5-8(13)15/h3-6,19H,2,7H2,1H3. The zero-order chi connectivity index (χ0) is 15.4. The van der Waals surface area contributed by atoms with Crippen LogP contribution in [0.15, 0.2) is 28.7 Å². The number of hydrogen-bond donors (Lipinski definition) is 1. The maximum absolute atomic E-state index is 13.5. The van der Waals surface area contributed by atoms with Crippen LogP contribution in [-0.4, -0.2) is 11.5 Å². The Morgan fingerprint density at radius 2 is 2.05 bits per heavy atom. The fraction of sp³-hybridized carbons (Fsp3) is 0.214. The summed E-state index contributed by atoms with van der Waals surface area (Å²) in [6, 6.07) is 5.95. The predicted molar refractivity (Wildman–Crippen MR) is 85.8 cm³/mol. The maximum atomic E-state index is 13.5. The van der Waals surface area contributed by atoms with Crippen molar-refractivity contribution in [2.75, 3.05) is 6.54 Å². The smallest absolute Gasteiger partial charge is 0.219 e. The first kappa shape index (κ1) is 16.5. The normalized spacial score (nSPS) is 10.7. The van der Waals surface area contributed by atoms with E-state index in [1.165, 1.54) is 12.1 Å². The molecule has 0 aliphatic rings. The van der Waals surface area contributed by atoms with Gasteiger partial charge in [-0.2, -0.15) is 0 Å². The highest BCUT2D eigenvalue weighted by Gasteiger charge is 2.11. The third kappa shape index (κ3) is 4.30. The van der Waals surface area contributed by atoms with Crippen molar-refractivity contribution in [2.45, 2.75) is 13.5 Å². The lowest BCUT2D eigenvalue weighted by molar-refractivity contribution is 0.452. The lowest BCUT2D eigenvalue weighted by Crippen LogP contribution is -2.13. The van der Waals surface area contributed by atoms with E-state index in [1.807, 2.05) is 6.92 Å². The van der Waals surface area contributed by atoms with Gasteiger partial charge >= 0.3 is 0 Å². The van der Waals surface area contributed by atoms with Crippen molar-refractivity contribution in [1.82, 2.24) is 10.3 Å². The molecule has 1 aromatic carbocycles. The Balaban J connectivity index is 2.25. The van der Waals surface area contributed by atoms with Crippen LogP contribution in [0.4, 0.5) is 4.39 Å². The molecule has 0 amide bonds. The summed E-state index contributed by atoms with van der Waals surface area (Å²) in [4.78, 5) is 4.31. The summed E-state index contributed by atoms with van der Waals surface area (Å²) in [7, 11) is 0. The van der Waals surface area contributed by atoms with Gasteiger partial charge in [0.1, 0.15) is 11.6 Å². The van der Waals surface area contributed by atoms with Crippen LogP contribution in [0.2, 0.25) is 10.0 Å². The number of rotatable bonds is 5. The Bertz CT molecular complexity index is 655. The molecule has 2 rings (SSSR count). The molecule has 0 atom stereocenters. The number of benzene rings is 1. The monoisotopic (exact) mass is 392 g/mol. The molecule has 3 nitrogen and oxygen atoms in total. The van der Waals surface area contributed by atoms with Crippen LogP contribution in [0, 0.1) is 5.82 Å². The number of aromatic nitrogens is 1. The van der Waals surface area contributed by atoms with Gasteiger partial charge in [0.05, 0.1) is 20.2 Å². The van der Waals surface area contributed by atoms with E-state index < -0.39 is 5.82 Å². The van der Waals surface area contributed by atoms with Crippen LogP contribution >= 0.6 is 39.1 Å². The van der Waals surface area contributed by atoms with Gasteiger partial charge < -0.3 is 10.1 Å². The van der Waals surface area contributed by atoms with E-state index in [1.54, 1.807) is 12.1 Å². The Morgan fingerprint density at radius 3 is 2.76 bits per heavy atom. The van der Waals surface area contributed by atoms with Crippen LogP contribution in [0.3, 0.4) is 0 Å². The summed E-state index contributed by atoms with van der Waals surface area (Å²) in [6.07, 6.45) is 0. The lowest BCUT2D eigenvalue weighted by atomic mass is 10.3. The molecule has 112 valence electrons. The van der Waals surface area contributed by atoms with Crippen molar-refractivity contribution in [2.24, 2.45) is 0 Å². The fourth-order valence-electron chi connectivity index (χ4n) is 1.58. The lowest BCUT2D eigenvalue weighted by Gasteiger charge is -2.10. The zero-order valence-electron chi connectivity index (χ0n) is 11.1. The van der Waals surface area contributed by atoms with Gasteiger partial charge in [0, 0.05) is 18.7 Å². The Labute approximate surface area is 140 Å². The molecule has 1 aromatic heterocycles. The quantitative estimate of drug-likeness (QED) is 0.709. The number of nitrogens with one attached hydrogen (secondary N) is 1. The summed E-state index contributed by atoms with van der Waals surface area (Å²) in [5.74, 6) is 0.0625. The van der Waals surface area contributed by atoms with E-state index in [2.05, 4.69) is 26.2 Å². The molecule has 0 aliphatic carbocycles. The van der Waals surface area contributed by atoms with E-state index in [0.29, 0.717) is 33.4 Å². The van der Waals surface area contributed by atoms with E-state index in [-0.39, 0.29) is 5.02 Å². The van der Waals surface area contributed by atoms with Gasteiger partial charge in [-0.1, -0.05) is 30.1 Å². The summed E-state index contributed by atoms with van der Waals surface area (Å²) in [6.45, 7) is 3.32. The van der Waals surface area contributed by atoms with Gasteiger partial charge in [-0.15, -0.1) is 0 Å². The van der Waals surface area contributed by atoms with Crippen LogP contribution < -0.4 is 10.1 Å². The van der Waals surface area contributed by atoms with Crippen LogP contribution in [0.5, 0.6) is 11.6 Å². The second kappa shape index (κ2) is 7.40. The minimum Gasteiger partial charge on any atom is -0.438 e. The second-order valence-electron chi connectivity index (χ2n) is 4.16. The van der Waals surface area contributed by atoms with Gasteiger partial charge in [-0.3, -0.25) is 0 Å². The molecule has 2 aromatic rings. The van der Waals surface area contributed by atoms with Gasteiger partial charge in [-0.25, -0.2) is 9.37 Å². The summed E-state index contributed by atoms with van der Waals surface area (Å²) >= 11 is 15.0. The number of nitrogens with zero attached hydrogens (tertiary/aromatic N) is 1. The van der Waals surface area contributed by atoms with Crippen molar-refractivity contribution in [1.29, 1.82) is 0 Å². The largest absolute Gasteiger partial charge is 0.438 e. The van der Waals surface area contributed by atoms with Crippen molar-refractivity contribution in [3.05, 3.63) is 50.3 Å². The van der Waals surface area contributed by atoms with Crippen LogP contribution in [0.1, 0.15) is 12.6 Å². The van der Waals surface area contributed by atoms with Gasteiger partial charge in [0.15, 0.2) is 0 Å². The summed E-state index contributed by atoms with van der Waals surface area (Å²) in [5.41, 5.74) is 0.668. The van der Waals surface area contributed by atoms with Crippen molar-refractivity contribution >= 4 is 39.1 Å². The fourth-order valence-corrected chi connectivity index (χ4v) is 2.48. The van der Waals surface area contributed by atoms with Crippen LogP contribution in [0.25, 0.3) is 0 Å². The first-order valence-corrected chi connectivity index (χ1v) is 7.74. The molecular formula is C14H12BrCl2FN2O. The minimum atomic E-state index is -0.559. The second-order valence-corrected chi connectivity index (χ2v) is 5.83. The highest BCUT2D eigenvalue weighted by Crippen LogP contribution is 2.33. The van der Waals surface area contributed by atoms with Crippen LogP contribution in [-0.2, 0) is 6.54 Å². The zero-order valence-corrected chi connectivity index (χ0v) is 14.2. The maximum Gasteiger partial charge on any atom is 0.219 e. The number of pyridine rings is 1. The summed E-state index contributed by atoms with van der Waals surface area (Å²) < 4.78 is 19.6. The molecule has 0 bridgehead atoms. The molecule has 0 fully saturated rings. The van der Waals surface area contributed by atoms with E-state index in [4.69, 9.17) is 27.9 Å². The van der Waals surface area contributed by atoms with E-state index in [0.717, 1.165) is 6.54 Å². The molecule has 1 N–H and O–H groups in total. The topological polar surface area (TPSA) is 34.2 Å². The van der Waals surface area contributed by atoms with Crippen molar-refractivity contribution in [3.8, 4) is 11.6 Å². The molecule has 0 saturated carbocycles. The molecule has 0 unspecified atom stereocenters. The first-order valence-electron chi connectivity index (χ1n) is 6.19. The van der Waals surface area contributed by atoms with E-state index >= 15 is 0 Å². The molecular weight excluding hydrogens is 382 g/mol. The number of ether oxygens (including phenoxy) is 1. The predicted octanol–water partition coefficient (Wildman–Crippen LogP) is 5.19. The molecule has 21 heavy (non-hydrogen) atoms. The Kier molecular flexibility index (Phi) is 5.81. The highest BCUT2D eigenvalue weighted by molar-refractivity contribution is 9.10. The molecule has 0 radical (unpaired) electrons. The number of hydrogen-bond acceptors (Lipinski definition) is 3. The third-order valence-electron chi connectivity index (χ3n) is 2.62. The highest BCUT2D eigenvalue weighted by atomic mass is 79.9. The van der Waals surface area contributed by atoms with E-state index in [9.17, 15) is 4.39 Å². The molecule has 7 heteroatoms. The third-order valence-corrected chi connectivity index (χ3v) is 3.88. The van der Waals surface area contributed by atoms with Gasteiger partial charge in [-0.05, 0) is 34.6 Å².